The van der Waals surface area contributed by atoms with Gasteiger partial charge in [0.05, 0.1) is 4.90 Å². The van der Waals surface area contributed by atoms with E-state index >= 15 is 0 Å². The van der Waals surface area contributed by atoms with Crippen LogP contribution in [0.15, 0.2) is 81.4 Å². The summed E-state index contributed by atoms with van der Waals surface area (Å²) >= 11 is 0. The molecule has 0 bridgehead atoms. The van der Waals surface area contributed by atoms with Gasteiger partial charge in [0.15, 0.2) is 5.03 Å². The lowest BCUT2D eigenvalue weighted by molar-refractivity contribution is -0.117. The molecule has 1 heterocycles. The molecule has 0 atom stereocenters. The van der Waals surface area contributed by atoms with Gasteiger partial charge in [0.2, 0.25) is 15.7 Å². The van der Waals surface area contributed by atoms with Gasteiger partial charge in [-0.3, -0.25) is 9.59 Å². The molecule has 138 valence electrons. The van der Waals surface area contributed by atoms with Crippen molar-refractivity contribution in [3.8, 4) is 0 Å². The maximum atomic E-state index is 12.7. The van der Waals surface area contributed by atoms with E-state index in [9.17, 15) is 18.0 Å². The molecule has 8 heteroatoms. The van der Waals surface area contributed by atoms with Crippen LogP contribution >= 0.6 is 0 Å². The Kier molecular flexibility index (Phi) is 5.18. The predicted molar refractivity (Wildman–Crippen MR) is 100 cm³/mol. The van der Waals surface area contributed by atoms with Crippen LogP contribution in [-0.2, 0) is 21.2 Å². The third-order valence-electron chi connectivity index (χ3n) is 3.77. The zero-order chi connectivity index (χ0) is 19.4. The standard InChI is InChI=1S/C19H17N3O4S/c1-14-6-5-9-16(12-14)27(25,26)18-10-11-19(24)22(21-18)13-17(23)20-15-7-3-2-4-8-15/h2-12H,13H2,1H3,(H,20,23). The number of carbonyl (C=O) groups is 1. The molecular weight excluding hydrogens is 366 g/mol. The molecule has 27 heavy (non-hydrogen) atoms. The average molecular weight is 383 g/mol. The molecular formula is C19H17N3O4S. The minimum atomic E-state index is -3.90. The maximum Gasteiger partial charge on any atom is 0.267 e. The van der Waals surface area contributed by atoms with Gasteiger partial charge < -0.3 is 5.32 Å². The van der Waals surface area contributed by atoms with Gasteiger partial charge in [0.25, 0.3) is 5.56 Å². The van der Waals surface area contributed by atoms with E-state index in [0.717, 1.165) is 22.4 Å². The highest BCUT2D eigenvalue weighted by Gasteiger charge is 2.21. The van der Waals surface area contributed by atoms with Crippen molar-refractivity contribution in [1.82, 2.24) is 9.78 Å². The molecule has 3 rings (SSSR count). The van der Waals surface area contributed by atoms with E-state index in [4.69, 9.17) is 0 Å². The van der Waals surface area contributed by atoms with Crippen molar-refractivity contribution in [3.05, 3.63) is 82.6 Å². The fourth-order valence-electron chi connectivity index (χ4n) is 2.45. The molecule has 0 fully saturated rings. The molecule has 0 unspecified atom stereocenters. The lowest BCUT2D eigenvalue weighted by Crippen LogP contribution is -2.30. The first-order valence-electron chi connectivity index (χ1n) is 8.11. The largest absolute Gasteiger partial charge is 0.324 e. The number of carbonyl (C=O) groups excluding carboxylic acids is 1. The highest BCUT2D eigenvalue weighted by atomic mass is 32.2. The molecule has 0 spiro atoms. The number of sulfone groups is 1. The van der Waals surface area contributed by atoms with Crippen molar-refractivity contribution in [2.45, 2.75) is 23.4 Å². The number of aromatic nitrogens is 2. The van der Waals surface area contributed by atoms with E-state index in [1.54, 1.807) is 49.4 Å². The maximum absolute atomic E-state index is 12.7. The SMILES string of the molecule is Cc1cccc(S(=O)(=O)c2ccc(=O)n(CC(=O)Nc3ccccc3)n2)c1. The summed E-state index contributed by atoms with van der Waals surface area (Å²) in [5.74, 6) is -0.485. The highest BCUT2D eigenvalue weighted by molar-refractivity contribution is 7.91. The van der Waals surface area contributed by atoms with Gasteiger partial charge in [0.1, 0.15) is 6.54 Å². The van der Waals surface area contributed by atoms with Crippen LogP contribution in [0.25, 0.3) is 0 Å². The third-order valence-corrected chi connectivity index (χ3v) is 5.41. The molecule has 0 radical (unpaired) electrons. The Bertz CT molecular complexity index is 1140. The highest BCUT2D eigenvalue weighted by Crippen LogP contribution is 2.18. The molecule has 1 amide bonds. The molecule has 0 aliphatic rings. The summed E-state index contributed by atoms with van der Waals surface area (Å²) in [7, 11) is -3.90. The van der Waals surface area contributed by atoms with E-state index in [1.165, 1.54) is 12.1 Å². The van der Waals surface area contributed by atoms with Crippen LogP contribution in [0.2, 0.25) is 0 Å². The summed E-state index contributed by atoms with van der Waals surface area (Å²) in [5, 5.41) is 6.22. The molecule has 2 aromatic carbocycles. The van der Waals surface area contributed by atoms with Crippen molar-refractivity contribution >= 4 is 21.4 Å². The molecule has 1 aromatic heterocycles. The number of para-hydroxylation sites is 1. The van der Waals surface area contributed by atoms with Crippen molar-refractivity contribution in [1.29, 1.82) is 0 Å². The molecule has 3 aromatic rings. The Labute approximate surface area is 156 Å². The van der Waals surface area contributed by atoms with Crippen LogP contribution < -0.4 is 10.9 Å². The Morgan fingerprint density at radius 2 is 1.78 bits per heavy atom. The Hall–Kier alpha value is -3.26. The quantitative estimate of drug-likeness (QED) is 0.727. The summed E-state index contributed by atoms with van der Waals surface area (Å²) in [5.41, 5.74) is 0.784. The van der Waals surface area contributed by atoms with Gasteiger partial charge in [-0.25, -0.2) is 13.1 Å². The number of anilines is 1. The van der Waals surface area contributed by atoms with E-state index in [2.05, 4.69) is 10.4 Å². The molecule has 0 aliphatic heterocycles. The van der Waals surface area contributed by atoms with Crippen molar-refractivity contribution in [2.24, 2.45) is 0 Å². The number of nitrogens with one attached hydrogen (secondary N) is 1. The van der Waals surface area contributed by atoms with Gasteiger partial charge in [-0.2, -0.15) is 5.10 Å². The van der Waals surface area contributed by atoms with Crippen LogP contribution in [0.5, 0.6) is 0 Å². The summed E-state index contributed by atoms with van der Waals surface area (Å²) < 4.78 is 26.3. The van der Waals surface area contributed by atoms with Gasteiger partial charge in [0, 0.05) is 11.8 Å². The lowest BCUT2D eigenvalue weighted by atomic mass is 10.2. The molecule has 0 saturated heterocycles. The molecule has 7 nitrogen and oxygen atoms in total. The number of aryl methyl sites for hydroxylation is 1. The van der Waals surface area contributed by atoms with Crippen LogP contribution in [0, 0.1) is 6.92 Å². The second-order valence-corrected chi connectivity index (χ2v) is 7.80. The zero-order valence-electron chi connectivity index (χ0n) is 14.5. The number of hydrogen-bond donors (Lipinski definition) is 1. The zero-order valence-corrected chi connectivity index (χ0v) is 15.3. The van der Waals surface area contributed by atoms with E-state index in [0.29, 0.717) is 5.69 Å². The van der Waals surface area contributed by atoms with Crippen LogP contribution in [0.4, 0.5) is 5.69 Å². The van der Waals surface area contributed by atoms with E-state index < -0.39 is 27.8 Å². The summed E-state index contributed by atoms with van der Waals surface area (Å²) in [6.45, 7) is 1.38. The molecule has 1 N–H and O–H groups in total. The second-order valence-electron chi connectivity index (χ2n) is 5.90. The minimum Gasteiger partial charge on any atom is -0.324 e. The summed E-state index contributed by atoms with van der Waals surface area (Å²) in [6, 6.07) is 17.4. The fraction of sp³-hybridized carbons (Fsp3) is 0.105. The first kappa shape index (κ1) is 18.5. The predicted octanol–water partition coefficient (Wildman–Crippen LogP) is 2.02. The lowest BCUT2D eigenvalue weighted by Gasteiger charge is -2.09. The monoisotopic (exact) mass is 383 g/mol. The van der Waals surface area contributed by atoms with Crippen LogP contribution in [0.1, 0.15) is 5.56 Å². The third kappa shape index (κ3) is 4.29. The first-order valence-corrected chi connectivity index (χ1v) is 9.59. The van der Waals surface area contributed by atoms with Crippen LogP contribution in [-0.4, -0.2) is 24.1 Å². The number of hydrogen-bond acceptors (Lipinski definition) is 5. The van der Waals surface area contributed by atoms with E-state index in [1.807, 2.05) is 0 Å². The minimum absolute atomic E-state index is 0.0777. The Morgan fingerprint density at radius 3 is 2.48 bits per heavy atom. The normalized spacial score (nSPS) is 11.1. The van der Waals surface area contributed by atoms with Crippen LogP contribution in [0.3, 0.4) is 0 Å². The van der Waals surface area contributed by atoms with E-state index in [-0.39, 0.29) is 9.92 Å². The summed E-state index contributed by atoms with van der Waals surface area (Å²) in [4.78, 5) is 24.2. The second kappa shape index (κ2) is 7.55. The van der Waals surface area contributed by atoms with Gasteiger partial charge in [-0.15, -0.1) is 0 Å². The van der Waals surface area contributed by atoms with Crippen molar-refractivity contribution in [3.63, 3.8) is 0 Å². The van der Waals surface area contributed by atoms with Gasteiger partial charge in [-0.1, -0.05) is 30.3 Å². The number of nitrogens with zero attached hydrogens (tertiary/aromatic N) is 2. The van der Waals surface area contributed by atoms with Gasteiger partial charge in [-0.05, 0) is 42.8 Å². The fourth-order valence-corrected chi connectivity index (χ4v) is 3.74. The summed E-state index contributed by atoms with van der Waals surface area (Å²) in [6.07, 6.45) is 0. The van der Waals surface area contributed by atoms with Gasteiger partial charge >= 0.3 is 0 Å². The Balaban J connectivity index is 1.88. The number of rotatable bonds is 5. The van der Waals surface area contributed by atoms with Crippen molar-refractivity contribution < 1.29 is 13.2 Å². The Morgan fingerprint density at radius 1 is 1.04 bits per heavy atom. The molecule has 0 saturated carbocycles. The first-order chi connectivity index (χ1) is 12.9. The molecule has 0 aliphatic carbocycles. The topological polar surface area (TPSA) is 98.1 Å². The average Bonchev–Trinajstić information content (AvgIpc) is 2.64. The number of amides is 1. The smallest absolute Gasteiger partial charge is 0.267 e. The van der Waals surface area contributed by atoms with Crippen molar-refractivity contribution in [2.75, 3.05) is 5.32 Å². The number of benzene rings is 2.